The van der Waals surface area contributed by atoms with Crippen molar-refractivity contribution in [3.63, 3.8) is 0 Å². The Hall–Kier alpha value is -3.03. The smallest absolute Gasteiger partial charge is 0.284 e. The molecule has 6 nitrogen and oxygen atoms in total. The second-order valence-electron chi connectivity index (χ2n) is 7.97. The van der Waals surface area contributed by atoms with Crippen LogP contribution in [0.5, 0.6) is 5.75 Å². The van der Waals surface area contributed by atoms with Gasteiger partial charge >= 0.3 is 0 Å². The number of hydrogen-bond acceptors (Lipinski definition) is 6. The van der Waals surface area contributed by atoms with Crippen LogP contribution in [0.2, 0.25) is 0 Å². The molecule has 3 aromatic rings. The molecule has 0 bridgehead atoms. The zero-order chi connectivity index (χ0) is 21.2. The number of rotatable bonds is 5. The Morgan fingerprint density at radius 2 is 1.94 bits per heavy atom. The molecule has 1 saturated heterocycles. The van der Waals surface area contributed by atoms with Gasteiger partial charge in [-0.2, -0.15) is 5.10 Å². The standard InChI is InChI=1S/C24H24N4O2S/c29-22-8-2-1-7-19(22)21-14-20(17-6-5-11-25-15-17)26-28(21)24(30)23-10-9-18(31-23)16-27-12-3-4-13-27/h1-2,5-11,15,21,29H,3-4,12-14,16H2. The number of phenols is 1. The highest BCUT2D eigenvalue weighted by atomic mass is 32.1. The van der Waals surface area contributed by atoms with E-state index in [0.717, 1.165) is 30.9 Å². The highest BCUT2D eigenvalue weighted by molar-refractivity contribution is 7.14. The normalized spacial score (nSPS) is 19.0. The lowest BCUT2D eigenvalue weighted by atomic mass is 9.98. The van der Waals surface area contributed by atoms with Crippen molar-refractivity contribution in [2.24, 2.45) is 5.10 Å². The summed E-state index contributed by atoms with van der Waals surface area (Å²) >= 11 is 1.54. The zero-order valence-electron chi connectivity index (χ0n) is 17.1. The zero-order valence-corrected chi connectivity index (χ0v) is 18.0. The predicted molar refractivity (Wildman–Crippen MR) is 121 cm³/mol. The molecule has 158 valence electrons. The molecule has 0 aliphatic carbocycles. The molecule has 7 heteroatoms. The Morgan fingerprint density at radius 1 is 1.10 bits per heavy atom. The number of aromatic hydroxyl groups is 1. The Labute approximate surface area is 185 Å². The maximum Gasteiger partial charge on any atom is 0.284 e. The minimum Gasteiger partial charge on any atom is -0.508 e. The third kappa shape index (κ3) is 4.11. The van der Waals surface area contributed by atoms with Crippen LogP contribution in [0, 0.1) is 0 Å². The Balaban J connectivity index is 1.44. The van der Waals surface area contributed by atoms with E-state index in [0.29, 0.717) is 16.9 Å². The summed E-state index contributed by atoms with van der Waals surface area (Å²) in [6, 6.07) is 14.6. The van der Waals surface area contributed by atoms with Gasteiger partial charge in [0.05, 0.1) is 16.6 Å². The lowest BCUT2D eigenvalue weighted by Crippen LogP contribution is -2.26. The van der Waals surface area contributed by atoms with Crippen molar-refractivity contribution >= 4 is 23.0 Å². The molecule has 1 aromatic carbocycles. The summed E-state index contributed by atoms with van der Waals surface area (Å²) < 4.78 is 0. The Kier molecular flexibility index (Phi) is 5.53. The topological polar surface area (TPSA) is 69.0 Å². The first kappa shape index (κ1) is 19.9. The largest absolute Gasteiger partial charge is 0.508 e. The number of phenolic OH excluding ortho intramolecular Hbond substituents is 1. The van der Waals surface area contributed by atoms with Gasteiger partial charge in [0.15, 0.2) is 0 Å². The van der Waals surface area contributed by atoms with E-state index in [1.165, 1.54) is 34.1 Å². The molecule has 4 heterocycles. The number of thiophene rings is 1. The summed E-state index contributed by atoms with van der Waals surface area (Å²) in [7, 11) is 0. The number of aromatic nitrogens is 1. The van der Waals surface area contributed by atoms with Crippen molar-refractivity contribution in [1.82, 2.24) is 14.9 Å². The molecule has 5 rings (SSSR count). The minimum atomic E-state index is -0.354. The monoisotopic (exact) mass is 432 g/mol. The second kappa shape index (κ2) is 8.61. The Bertz CT molecular complexity index is 1110. The number of carbonyl (C=O) groups excluding carboxylic acids is 1. The second-order valence-corrected chi connectivity index (χ2v) is 9.13. The van der Waals surface area contributed by atoms with Crippen LogP contribution in [0.3, 0.4) is 0 Å². The van der Waals surface area contributed by atoms with E-state index in [9.17, 15) is 9.90 Å². The maximum atomic E-state index is 13.5. The van der Waals surface area contributed by atoms with Gasteiger partial charge in [0.25, 0.3) is 5.91 Å². The summed E-state index contributed by atoms with van der Waals surface area (Å²) in [5.74, 6) is 0.0404. The van der Waals surface area contributed by atoms with Crippen LogP contribution < -0.4 is 0 Å². The van der Waals surface area contributed by atoms with E-state index < -0.39 is 0 Å². The fourth-order valence-electron chi connectivity index (χ4n) is 4.27. The van der Waals surface area contributed by atoms with Crippen LogP contribution in [0.15, 0.2) is 66.0 Å². The van der Waals surface area contributed by atoms with Crippen LogP contribution in [0.25, 0.3) is 0 Å². The number of pyridine rings is 1. The number of nitrogens with zero attached hydrogens (tertiary/aromatic N) is 4. The first-order valence-corrected chi connectivity index (χ1v) is 11.4. The molecule has 2 aliphatic heterocycles. The van der Waals surface area contributed by atoms with Gasteiger partial charge in [-0.25, -0.2) is 5.01 Å². The lowest BCUT2D eigenvalue weighted by molar-refractivity contribution is 0.0714. The number of hydrazone groups is 1. The minimum absolute atomic E-state index is 0.134. The maximum absolute atomic E-state index is 13.5. The summed E-state index contributed by atoms with van der Waals surface area (Å²) in [5.41, 5.74) is 2.38. The molecule has 31 heavy (non-hydrogen) atoms. The molecule has 2 aromatic heterocycles. The fourth-order valence-corrected chi connectivity index (χ4v) is 5.25. The van der Waals surface area contributed by atoms with Crippen LogP contribution >= 0.6 is 11.3 Å². The van der Waals surface area contributed by atoms with Crippen molar-refractivity contribution < 1.29 is 9.90 Å². The number of hydrogen-bond donors (Lipinski definition) is 1. The van der Waals surface area contributed by atoms with Crippen LogP contribution in [-0.2, 0) is 6.54 Å². The van der Waals surface area contributed by atoms with Gasteiger partial charge in [-0.3, -0.25) is 14.7 Å². The van der Waals surface area contributed by atoms with Gasteiger partial charge in [-0.15, -0.1) is 11.3 Å². The molecule has 1 N–H and O–H groups in total. The first-order chi connectivity index (χ1) is 15.2. The molecular weight excluding hydrogens is 408 g/mol. The summed E-state index contributed by atoms with van der Waals surface area (Å²) in [6.45, 7) is 3.15. The van der Waals surface area contributed by atoms with Gasteiger partial charge < -0.3 is 5.11 Å². The van der Waals surface area contributed by atoms with Crippen LogP contribution in [0.1, 0.15) is 51.0 Å². The van der Waals surface area contributed by atoms with Crippen molar-refractivity contribution in [2.75, 3.05) is 13.1 Å². The van der Waals surface area contributed by atoms with Gasteiger partial charge in [-0.05, 0) is 50.2 Å². The van der Waals surface area contributed by atoms with Crippen molar-refractivity contribution in [3.05, 3.63) is 81.8 Å². The molecule has 0 saturated carbocycles. The summed E-state index contributed by atoms with van der Waals surface area (Å²) in [4.78, 5) is 22.0. The number of amides is 1. The highest BCUT2D eigenvalue weighted by Gasteiger charge is 2.35. The van der Waals surface area contributed by atoms with Crippen molar-refractivity contribution in [1.29, 1.82) is 0 Å². The molecule has 1 unspecified atom stereocenters. The van der Waals surface area contributed by atoms with E-state index in [4.69, 9.17) is 5.10 Å². The quantitative estimate of drug-likeness (QED) is 0.647. The van der Waals surface area contributed by atoms with E-state index in [2.05, 4.69) is 9.88 Å². The molecular formula is C24H24N4O2S. The third-order valence-electron chi connectivity index (χ3n) is 5.86. The Morgan fingerprint density at radius 3 is 2.71 bits per heavy atom. The SMILES string of the molecule is O=C(c1ccc(CN2CCCC2)s1)N1N=C(c2cccnc2)CC1c1ccccc1O. The van der Waals surface area contributed by atoms with Crippen molar-refractivity contribution in [2.45, 2.75) is 31.8 Å². The number of carbonyl (C=O) groups is 1. The van der Waals surface area contributed by atoms with Gasteiger partial charge in [0, 0.05) is 41.4 Å². The third-order valence-corrected chi connectivity index (χ3v) is 6.92. The van der Waals surface area contributed by atoms with Crippen molar-refractivity contribution in [3.8, 4) is 5.75 Å². The van der Waals surface area contributed by atoms with E-state index in [1.54, 1.807) is 24.5 Å². The molecule has 1 fully saturated rings. The molecule has 1 atom stereocenters. The van der Waals surface area contributed by atoms with Gasteiger partial charge in [-0.1, -0.05) is 24.3 Å². The lowest BCUT2D eigenvalue weighted by Gasteiger charge is -2.22. The number of para-hydroxylation sites is 1. The van der Waals surface area contributed by atoms with Crippen LogP contribution in [-0.4, -0.2) is 44.7 Å². The summed E-state index contributed by atoms with van der Waals surface area (Å²) in [6.07, 6.45) is 6.50. The van der Waals surface area contributed by atoms with E-state index in [-0.39, 0.29) is 17.7 Å². The number of benzene rings is 1. The van der Waals surface area contributed by atoms with E-state index >= 15 is 0 Å². The predicted octanol–water partition coefficient (Wildman–Crippen LogP) is 4.44. The molecule has 2 aliphatic rings. The average molecular weight is 433 g/mol. The first-order valence-electron chi connectivity index (χ1n) is 10.6. The van der Waals surface area contributed by atoms with E-state index in [1.807, 2.05) is 36.4 Å². The molecule has 0 radical (unpaired) electrons. The average Bonchev–Trinajstić information content (AvgIpc) is 3.56. The highest BCUT2D eigenvalue weighted by Crippen LogP contribution is 2.38. The fraction of sp³-hybridized carbons (Fsp3) is 0.292. The van der Waals surface area contributed by atoms with Gasteiger partial charge in [0.2, 0.25) is 0 Å². The molecule has 0 spiro atoms. The molecule has 1 amide bonds. The van der Waals surface area contributed by atoms with Gasteiger partial charge in [0.1, 0.15) is 5.75 Å². The van der Waals surface area contributed by atoms with Crippen LogP contribution in [0.4, 0.5) is 0 Å². The summed E-state index contributed by atoms with van der Waals surface area (Å²) in [5, 5.41) is 16.7. The number of likely N-dealkylation sites (tertiary alicyclic amines) is 1.